The molecule has 0 spiro atoms. The van der Waals surface area contributed by atoms with Crippen molar-refractivity contribution in [2.45, 2.75) is 19.8 Å². The molecule has 1 heterocycles. The maximum absolute atomic E-state index is 14.7. The van der Waals surface area contributed by atoms with Crippen molar-refractivity contribution >= 4 is 15.8 Å². The third-order valence-electron chi connectivity index (χ3n) is 5.78. The first kappa shape index (κ1) is 24.5. The Morgan fingerprint density at radius 1 is 1.22 bits per heavy atom. The van der Waals surface area contributed by atoms with Crippen LogP contribution >= 0.6 is 0 Å². The average molecular weight is 463 g/mol. The summed E-state index contributed by atoms with van der Waals surface area (Å²) in [5, 5.41) is 0. The number of Topliss-reactive ketones (excluding diaryl/α,β-unsaturated/α-hetero) is 1. The van der Waals surface area contributed by atoms with Crippen LogP contribution in [0.15, 0.2) is 42.5 Å². The average Bonchev–Trinajstić information content (AvgIpc) is 2.78. The molecule has 1 unspecified atom stereocenters. The summed E-state index contributed by atoms with van der Waals surface area (Å²) in [6.45, 7) is 4.14. The fourth-order valence-corrected chi connectivity index (χ4v) is 5.48. The van der Waals surface area contributed by atoms with Gasteiger partial charge < -0.3 is 9.64 Å². The highest BCUT2D eigenvalue weighted by molar-refractivity contribution is 7.89. The largest absolute Gasteiger partial charge is 0.383 e. The van der Waals surface area contributed by atoms with Gasteiger partial charge >= 0.3 is 0 Å². The second-order valence-corrected chi connectivity index (χ2v) is 10.2. The van der Waals surface area contributed by atoms with E-state index >= 15 is 0 Å². The first-order valence-electron chi connectivity index (χ1n) is 10.9. The van der Waals surface area contributed by atoms with Gasteiger partial charge in [-0.3, -0.25) is 4.79 Å². The molecule has 1 aliphatic heterocycles. The number of sulfonamides is 1. The first-order chi connectivity index (χ1) is 15.3. The number of ketones is 1. The molecular formula is C24H31FN2O4S. The third kappa shape index (κ3) is 6.68. The number of carbonyl (C=O) groups is 1. The van der Waals surface area contributed by atoms with Crippen LogP contribution in [0, 0.1) is 18.7 Å². The van der Waals surface area contributed by atoms with E-state index in [0.29, 0.717) is 24.3 Å². The smallest absolute Gasteiger partial charge is 0.212 e. The number of methoxy groups -OCH3 is 1. The van der Waals surface area contributed by atoms with Crippen LogP contribution in [0.3, 0.4) is 0 Å². The van der Waals surface area contributed by atoms with Crippen LogP contribution < -0.4 is 4.72 Å². The third-order valence-corrected chi connectivity index (χ3v) is 7.28. The maximum atomic E-state index is 14.7. The molecule has 0 radical (unpaired) electrons. The Morgan fingerprint density at radius 2 is 1.97 bits per heavy atom. The zero-order valence-corrected chi connectivity index (χ0v) is 19.5. The fourth-order valence-electron chi connectivity index (χ4n) is 4.12. The van der Waals surface area contributed by atoms with Gasteiger partial charge in [-0.2, -0.15) is 0 Å². The number of hydrogen-bond acceptors (Lipinski definition) is 5. The number of carbonyl (C=O) groups excluding carboxylic acids is 1. The Hall–Kier alpha value is -2.13. The molecule has 32 heavy (non-hydrogen) atoms. The highest BCUT2D eigenvalue weighted by Crippen LogP contribution is 2.25. The quantitative estimate of drug-likeness (QED) is 0.549. The van der Waals surface area contributed by atoms with Crippen molar-refractivity contribution < 1.29 is 22.3 Å². The molecule has 1 aliphatic rings. The standard InChI is InChI=1S/C24H31FN2O4S/c1-18-13-21(20-8-4-3-5-9-20)14-22(24(18)25)23(28)15-26-32(29,30)17-19-7-6-10-27(16-19)11-12-31-2/h3-5,8-9,13-14,19,26H,6-7,10-12,15-17H2,1-2H3. The molecule has 0 saturated carbocycles. The van der Waals surface area contributed by atoms with Crippen molar-refractivity contribution in [1.82, 2.24) is 9.62 Å². The van der Waals surface area contributed by atoms with Crippen molar-refractivity contribution in [3.05, 3.63) is 59.4 Å². The van der Waals surface area contributed by atoms with Gasteiger partial charge in [-0.05, 0) is 61.1 Å². The van der Waals surface area contributed by atoms with E-state index in [9.17, 15) is 17.6 Å². The molecule has 1 fully saturated rings. The van der Waals surface area contributed by atoms with E-state index in [2.05, 4.69) is 9.62 Å². The number of halogens is 1. The van der Waals surface area contributed by atoms with E-state index in [1.807, 2.05) is 30.3 Å². The molecule has 3 rings (SSSR count). The van der Waals surface area contributed by atoms with Crippen molar-refractivity contribution in [1.29, 1.82) is 0 Å². The molecule has 0 aromatic heterocycles. The number of nitrogens with zero attached hydrogens (tertiary/aromatic N) is 1. The summed E-state index contributed by atoms with van der Waals surface area (Å²) in [5.41, 5.74) is 1.82. The predicted molar refractivity (Wildman–Crippen MR) is 124 cm³/mol. The van der Waals surface area contributed by atoms with E-state index < -0.39 is 28.2 Å². The second kappa shape index (κ2) is 11.1. The summed E-state index contributed by atoms with van der Waals surface area (Å²) in [5.74, 6) is -1.25. The van der Waals surface area contributed by atoms with Crippen molar-refractivity contribution in [2.24, 2.45) is 5.92 Å². The van der Waals surface area contributed by atoms with Crippen LogP contribution in [0.2, 0.25) is 0 Å². The topological polar surface area (TPSA) is 75.7 Å². The lowest BCUT2D eigenvalue weighted by atomic mass is 9.98. The SMILES string of the molecule is COCCN1CCCC(CS(=O)(=O)NCC(=O)c2cc(-c3ccccc3)cc(C)c2F)C1. The molecule has 6 nitrogen and oxygen atoms in total. The van der Waals surface area contributed by atoms with Crippen molar-refractivity contribution in [3.8, 4) is 11.1 Å². The number of hydrogen-bond donors (Lipinski definition) is 1. The van der Waals surface area contributed by atoms with E-state index in [1.54, 1.807) is 20.1 Å². The molecule has 2 aromatic rings. The molecular weight excluding hydrogens is 431 g/mol. The van der Waals surface area contributed by atoms with Gasteiger partial charge in [0.15, 0.2) is 5.78 Å². The van der Waals surface area contributed by atoms with E-state index in [-0.39, 0.29) is 17.2 Å². The Kier molecular flexibility index (Phi) is 8.53. The van der Waals surface area contributed by atoms with Crippen LogP contribution in [-0.4, -0.2) is 64.7 Å². The molecule has 1 saturated heterocycles. The minimum absolute atomic E-state index is 0.00593. The summed E-state index contributed by atoms with van der Waals surface area (Å²) < 4.78 is 47.3. The first-order valence-corrected chi connectivity index (χ1v) is 12.5. The molecule has 1 N–H and O–H groups in total. The van der Waals surface area contributed by atoms with Crippen LogP contribution in [0.1, 0.15) is 28.8 Å². The molecule has 174 valence electrons. The lowest BCUT2D eigenvalue weighted by molar-refractivity contribution is 0.0992. The van der Waals surface area contributed by atoms with Gasteiger partial charge in [-0.15, -0.1) is 0 Å². The number of benzene rings is 2. The van der Waals surface area contributed by atoms with Gasteiger partial charge in [-0.1, -0.05) is 30.3 Å². The van der Waals surface area contributed by atoms with Gasteiger partial charge in [-0.25, -0.2) is 17.5 Å². The van der Waals surface area contributed by atoms with Crippen LogP contribution in [-0.2, 0) is 14.8 Å². The van der Waals surface area contributed by atoms with Crippen molar-refractivity contribution in [2.75, 3.05) is 45.6 Å². The zero-order chi connectivity index (χ0) is 23.1. The Labute approximate surface area is 189 Å². The summed E-state index contributed by atoms with van der Waals surface area (Å²) in [6, 6.07) is 12.5. The molecule has 0 aliphatic carbocycles. The molecule has 1 atom stereocenters. The Balaban J connectivity index is 1.64. The summed E-state index contributed by atoms with van der Waals surface area (Å²) in [4.78, 5) is 14.9. The van der Waals surface area contributed by atoms with Gasteiger partial charge in [0.25, 0.3) is 0 Å². The van der Waals surface area contributed by atoms with Gasteiger partial charge in [0.1, 0.15) is 5.82 Å². The van der Waals surface area contributed by atoms with E-state index in [4.69, 9.17) is 4.74 Å². The minimum Gasteiger partial charge on any atom is -0.383 e. The van der Waals surface area contributed by atoms with Gasteiger partial charge in [0.2, 0.25) is 10.0 Å². The van der Waals surface area contributed by atoms with E-state index in [1.165, 1.54) is 6.07 Å². The van der Waals surface area contributed by atoms with Crippen LogP contribution in [0.25, 0.3) is 11.1 Å². The number of rotatable bonds is 10. The molecule has 2 aromatic carbocycles. The Morgan fingerprint density at radius 3 is 2.69 bits per heavy atom. The molecule has 8 heteroatoms. The van der Waals surface area contributed by atoms with Gasteiger partial charge in [0.05, 0.1) is 24.5 Å². The number of ether oxygens (including phenoxy) is 1. The van der Waals surface area contributed by atoms with Gasteiger partial charge in [0, 0.05) is 20.2 Å². The monoisotopic (exact) mass is 462 g/mol. The van der Waals surface area contributed by atoms with E-state index in [0.717, 1.165) is 31.5 Å². The Bertz CT molecular complexity index is 1030. The van der Waals surface area contributed by atoms with Crippen LogP contribution in [0.5, 0.6) is 0 Å². The normalized spacial score (nSPS) is 17.4. The summed E-state index contributed by atoms with van der Waals surface area (Å²) in [6.07, 6.45) is 1.75. The second-order valence-electron chi connectivity index (χ2n) is 8.35. The highest BCUT2D eigenvalue weighted by Gasteiger charge is 2.26. The zero-order valence-electron chi connectivity index (χ0n) is 18.6. The molecule has 0 bridgehead atoms. The number of likely N-dealkylation sites (tertiary alicyclic amines) is 1. The van der Waals surface area contributed by atoms with Crippen LogP contribution in [0.4, 0.5) is 4.39 Å². The molecule has 0 amide bonds. The number of aryl methyl sites for hydroxylation is 1. The maximum Gasteiger partial charge on any atom is 0.212 e. The highest BCUT2D eigenvalue weighted by atomic mass is 32.2. The summed E-state index contributed by atoms with van der Waals surface area (Å²) in [7, 11) is -2.02. The predicted octanol–water partition coefficient (Wildman–Crippen LogP) is 3.26. The number of piperidine rings is 1. The number of nitrogens with one attached hydrogen (secondary N) is 1. The minimum atomic E-state index is -3.66. The lowest BCUT2D eigenvalue weighted by Gasteiger charge is -2.32. The van der Waals surface area contributed by atoms with Crippen molar-refractivity contribution in [3.63, 3.8) is 0 Å². The fraction of sp³-hybridized carbons (Fsp3) is 0.458. The lowest BCUT2D eigenvalue weighted by Crippen LogP contribution is -2.42. The summed E-state index contributed by atoms with van der Waals surface area (Å²) >= 11 is 0.